The number of halogens is 1. The van der Waals surface area contributed by atoms with Crippen LogP contribution >= 0.6 is 15.9 Å². The van der Waals surface area contributed by atoms with Crippen molar-refractivity contribution in [3.8, 4) is 11.4 Å². The number of hydrogen-bond acceptors (Lipinski definition) is 2. The Labute approximate surface area is 104 Å². The van der Waals surface area contributed by atoms with Crippen molar-refractivity contribution in [2.45, 2.75) is 19.2 Å². The number of nitrogens with zero attached hydrogens (tertiary/aromatic N) is 3. The molecule has 0 aliphatic heterocycles. The molecule has 0 aliphatic carbocycles. The number of aromatic nitrogens is 3. The van der Waals surface area contributed by atoms with Gasteiger partial charge in [-0.3, -0.25) is 0 Å². The summed E-state index contributed by atoms with van der Waals surface area (Å²) in [4.78, 5) is 0. The highest BCUT2D eigenvalue weighted by atomic mass is 79.9. The van der Waals surface area contributed by atoms with Crippen LogP contribution in [0.4, 0.5) is 0 Å². The van der Waals surface area contributed by atoms with E-state index in [1.165, 1.54) is 11.1 Å². The van der Waals surface area contributed by atoms with Crippen molar-refractivity contribution in [3.63, 3.8) is 0 Å². The van der Waals surface area contributed by atoms with Crippen LogP contribution in [0.2, 0.25) is 0 Å². The third kappa shape index (κ3) is 1.89. The third-order valence-corrected chi connectivity index (χ3v) is 3.21. The maximum Gasteiger partial charge on any atom is 0.163 e. The quantitative estimate of drug-likeness (QED) is 0.792. The monoisotopic (exact) mass is 279 g/mol. The highest BCUT2D eigenvalue weighted by Gasteiger charge is 2.11. The highest BCUT2D eigenvalue weighted by molar-refractivity contribution is 9.08. The molecule has 0 amide bonds. The van der Waals surface area contributed by atoms with E-state index in [1.54, 1.807) is 0 Å². The summed E-state index contributed by atoms with van der Waals surface area (Å²) in [6, 6.07) is 6.37. The molecule has 4 heteroatoms. The summed E-state index contributed by atoms with van der Waals surface area (Å²) in [6.07, 6.45) is 0. The molecule has 2 rings (SSSR count). The van der Waals surface area contributed by atoms with Crippen molar-refractivity contribution in [3.05, 3.63) is 35.2 Å². The van der Waals surface area contributed by atoms with Gasteiger partial charge >= 0.3 is 0 Å². The molecule has 0 saturated carbocycles. The van der Waals surface area contributed by atoms with E-state index in [9.17, 15) is 0 Å². The topological polar surface area (TPSA) is 30.7 Å². The van der Waals surface area contributed by atoms with E-state index < -0.39 is 0 Å². The van der Waals surface area contributed by atoms with Crippen molar-refractivity contribution in [1.29, 1.82) is 0 Å². The molecule has 2 aromatic rings. The van der Waals surface area contributed by atoms with E-state index in [0.717, 1.165) is 22.5 Å². The summed E-state index contributed by atoms with van der Waals surface area (Å²) in [6.45, 7) is 4.20. The standard InChI is InChI=1S/C12H14BrN3/c1-8-4-5-10(9(2)6-8)12-15-14-11(7-13)16(12)3/h4-6H,7H2,1-3H3. The van der Waals surface area contributed by atoms with Crippen LogP contribution in [-0.4, -0.2) is 14.8 Å². The van der Waals surface area contributed by atoms with Crippen molar-refractivity contribution < 1.29 is 0 Å². The molecule has 0 N–H and O–H groups in total. The minimum absolute atomic E-state index is 0.724. The van der Waals surface area contributed by atoms with Crippen LogP contribution in [-0.2, 0) is 12.4 Å². The molecule has 1 aromatic heterocycles. The van der Waals surface area contributed by atoms with E-state index in [0.29, 0.717) is 0 Å². The van der Waals surface area contributed by atoms with Gasteiger partial charge in [0.05, 0.1) is 5.33 Å². The maximum atomic E-state index is 4.23. The maximum absolute atomic E-state index is 4.23. The molecule has 84 valence electrons. The Kier molecular flexibility index (Phi) is 3.10. The molecule has 0 saturated heterocycles. The van der Waals surface area contributed by atoms with E-state index in [-0.39, 0.29) is 0 Å². The number of alkyl halides is 1. The summed E-state index contributed by atoms with van der Waals surface area (Å²) in [5, 5.41) is 9.09. The number of benzene rings is 1. The lowest BCUT2D eigenvalue weighted by molar-refractivity contribution is 0.858. The average Bonchev–Trinajstić information content (AvgIpc) is 2.60. The minimum atomic E-state index is 0.724. The number of rotatable bonds is 2. The number of aryl methyl sites for hydroxylation is 2. The van der Waals surface area contributed by atoms with Crippen LogP contribution in [0.15, 0.2) is 18.2 Å². The zero-order chi connectivity index (χ0) is 11.7. The first-order valence-corrected chi connectivity index (χ1v) is 6.27. The summed E-state index contributed by atoms with van der Waals surface area (Å²) in [5.74, 6) is 1.86. The van der Waals surface area contributed by atoms with Gasteiger partial charge in [0.25, 0.3) is 0 Å². The van der Waals surface area contributed by atoms with Gasteiger partial charge in [-0.15, -0.1) is 10.2 Å². The van der Waals surface area contributed by atoms with Crippen LogP contribution in [0.3, 0.4) is 0 Å². The zero-order valence-electron chi connectivity index (χ0n) is 9.66. The second kappa shape index (κ2) is 4.37. The molecular formula is C12H14BrN3. The normalized spacial score (nSPS) is 10.8. The average molecular weight is 280 g/mol. The van der Waals surface area contributed by atoms with Crippen LogP contribution in [0.5, 0.6) is 0 Å². The van der Waals surface area contributed by atoms with Crippen molar-refractivity contribution in [2.24, 2.45) is 7.05 Å². The first-order chi connectivity index (χ1) is 7.63. The molecule has 0 unspecified atom stereocenters. The van der Waals surface area contributed by atoms with Crippen LogP contribution in [0, 0.1) is 13.8 Å². The van der Waals surface area contributed by atoms with Crippen molar-refractivity contribution >= 4 is 15.9 Å². The molecule has 0 radical (unpaired) electrons. The Hall–Kier alpha value is -1.16. The van der Waals surface area contributed by atoms with E-state index in [2.05, 4.69) is 58.2 Å². The summed E-state index contributed by atoms with van der Waals surface area (Å²) in [7, 11) is 1.99. The van der Waals surface area contributed by atoms with Crippen LogP contribution in [0.1, 0.15) is 17.0 Å². The highest BCUT2D eigenvalue weighted by Crippen LogP contribution is 2.22. The summed E-state index contributed by atoms with van der Waals surface area (Å²) < 4.78 is 2.02. The van der Waals surface area contributed by atoms with Gasteiger partial charge in [0.15, 0.2) is 5.82 Å². The largest absolute Gasteiger partial charge is 0.313 e. The lowest BCUT2D eigenvalue weighted by atomic mass is 10.1. The predicted molar refractivity (Wildman–Crippen MR) is 68.5 cm³/mol. The molecule has 0 spiro atoms. The van der Waals surface area contributed by atoms with Crippen molar-refractivity contribution in [2.75, 3.05) is 0 Å². The minimum Gasteiger partial charge on any atom is -0.313 e. The number of hydrogen-bond donors (Lipinski definition) is 0. The molecule has 0 aliphatic rings. The Morgan fingerprint density at radius 1 is 1.25 bits per heavy atom. The SMILES string of the molecule is Cc1ccc(-c2nnc(CBr)n2C)c(C)c1. The third-order valence-electron chi connectivity index (χ3n) is 2.71. The smallest absolute Gasteiger partial charge is 0.163 e. The molecule has 0 bridgehead atoms. The Morgan fingerprint density at radius 3 is 2.56 bits per heavy atom. The first kappa shape index (κ1) is 11.3. The van der Waals surface area contributed by atoms with Gasteiger partial charge in [-0.1, -0.05) is 39.7 Å². The predicted octanol–water partition coefficient (Wildman–Crippen LogP) is 2.99. The van der Waals surface area contributed by atoms with Gasteiger partial charge in [-0.25, -0.2) is 0 Å². The summed E-state index contributed by atoms with van der Waals surface area (Å²) in [5.41, 5.74) is 3.65. The zero-order valence-corrected chi connectivity index (χ0v) is 11.2. The fourth-order valence-corrected chi connectivity index (χ4v) is 2.27. The van der Waals surface area contributed by atoms with E-state index in [4.69, 9.17) is 0 Å². The summed E-state index contributed by atoms with van der Waals surface area (Å²) >= 11 is 3.40. The van der Waals surface area contributed by atoms with E-state index in [1.807, 2.05) is 11.6 Å². The van der Waals surface area contributed by atoms with E-state index >= 15 is 0 Å². The lowest BCUT2D eigenvalue weighted by Crippen LogP contribution is -1.98. The van der Waals surface area contributed by atoms with Gasteiger partial charge < -0.3 is 4.57 Å². The van der Waals surface area contributed by atoms with Gasteiger partial charge in [0, 0.05) is 12.6 Å². The van der Waals surface area contributed by atoms with Gasteiger partial charge in [-0.2, -0.15) is 0 Å². The molecular weight excluding hydrogens is 266 g/mol. The fourth-order valence-electron chi connectivity index (χ4n) is 1.78. The second-order valence-electron chi connectivity index (χ2n) is 3.95. The lowest BCUT2D eigenvalue weighted by Gasteiger charge is -2.06. The van der Waals surface area contributed by atoms with Crippen LogP contribution in [0.25, 0.3) is 11.4 Å². The van der Waals surface area contributed by atoms with Gasteiger partial charge in [0.1, 0.15) is 5.82 Å². The Balaban J connectivity index is 2.54. The van der Waals surface area contributed by atoms with Gasteiger partial charge in [-0.05, 0) is 19.4 Å². The molecule has 3 nitrogen and oxygen atoms in total. The van der Waals surface area contributed by atoms with Gasteiger partial charge in [0.2, 0.25) is 0 Å². The Bertz CT molecular complexity index is 517. The Morgan fingerprint density at radius 2 is 2.00 bits per heavy atom. The second-order valence-corrected chi connectivity index (χ2v) is 4.51. The molecule has 1 heterocycles. The van der Waals surface area contributed by atoms with Crippen molar-refractivity contribution in [1.82, 2.24) is 14.8 Å². The molecule has 0 atom stereocenters. The molecule has 0 fully saturated rings. The molecule has 16 heavy (non-hydrogen) atoms. The van der Waals surface area contributed by atoms with Crippen LogP contribution < -0.4 is 0 Å². The first-order valence-electron chi connectivity index (χ1n) is 5.15. The fraction of sp³-hybridized carbons (Fsp3) is 0.333. The molecule has 1 aromatic carbocycles.